The van der Waals surface area contributed by atoms with E-state index in [0.717, 1.165) is 45.8 Å². The summed E-state index contributed by atoms with van der Waals surface area (Å²) >= 11 is 0. The van der Waals surface area contributed by atoms with Gasteiger partial charge in [0.25, 0.3) is 0 Å². The minimum absolute atomic E-state index is 0.272. The standard InChI is InChI=1S/C14H24N2O2/c1-3-15-10-14(5-7-18-12-14)11-16(2)8-13-4-6-17-9-13/h4,6,9,15H,3,5,7-8,10-12H2,1-2H3. The van der Waals surface area contributed by atoms with Gasteiger partial charge in [0.05, 0.1) is 19.1 Å². The van der Waals surface area contributed by atoms with Crippen LogP contribution in [0.4, 0.5) is 0 Å². The molecule has 1 fully saturated rings. The molecular formula is C14H24N2O2. The number of furan rings is 1. The predicted octanol–water partition coefficient (Wildman–Crippen LogP) is 1.73. The minimum atomic E-state index is 0.272. The summed E-state index contributed by atoms with van der Waals surface area (Å²) in [5, 5.41) is 3.47. The average Bonchev–Trinajstić information content (AvgIpc) is 2.99. The summed E-state index contributed by atoms with van der Waals surface area (Å²) in [7, 11) is 2.17. The van der Waals surface area contributed by atoms with E-state index in [1.54, 1.807) is 6.26 Å². The maximum Gasteiger partial charge on any atom is 0.0947 e. The van der Waals surface area contributed by atoms with Crippen molar-refractivity contribution in [1.82, 2.24) is 10.2 Å². The summed E-state index contributed by atoms with van der Waals surface area (Å²) in [6.45, 7) is 7.97. The maximum atomic E-state index is 5.61. The largest absolute Gasteiger partial charge is 0.472 e. The molecule has 1 unspecified atom stereocenters. The molecule has 4 nitrogen and oxygen atoms in total. The van der Waals surface area contributed by atoms with Crippen LogP contribution in [0.2, 0.25) is 0 Å². The molecule has 18 heavy (non-hydrogen) atoms. The molecule has 102 valence electrons. The molecule has 1 aliphatic rings. The first-order chi connectivity index (χ1) is 8.74. The van der Waals surface area contributed by atoms with E-state index in [4.69, 9.17) is 9.15 Å². The first kappa shape index (κ1) is 13.6. The molecule has 1 saturated heterocycles. The Morgan fingerprint density at radius 1 is 1.50 bits per heavy atom. The Kier molecular flexibility index (Phi) is 4.80. The fourth-order valence-electron chi connectivity index (χ4n) is 2.68. The summed E-state index contributed by atoms with van der Waals surface area (Å²) in [6, 6.07) is 2.03. The third-order valence-corrected chi connectivity index (χ3v) is 3.57. The van der Waals surface area contributed by atoms with Crippen molar-refractivity contribution in [3.05, 3.63) is 24.2 Å². The van der Waals surface area contributed by atoms with Crippen molar-refractivity contribution in [2.45, 2.75) is 19.9 Å². The molecule has 1 N–H and O–H groups in total. The highest BCUT2D eigenvalue weighted by atomic mass is 16.5. The van der Waals surface area contributed by atoms with Crippen LogP contribution >= 0.6 is 0 Å². The lowest BCUT2D eigenvalue weighted by atomic mass is 9.86. The van der Waals surface area contributed by atoms with Gasteiger partial charge in [0, 0.05) is 37.2 Å². The number of nitrogens with one attached hydrogen (secondary N) is 1. The first-order valence-electron chi connectivity index (χ1n) is 6.72. The van der Waals surface area contributed by atoms with Crippen molar-refractivity contribution < 1.29 is 9.15 Å². The molecule has 0 radical (unpaired) electrons. The molecule has 2 heterocycles. The smallest absolute Gasteiger partial charge is 0.0947 e. The molecule has 0 amide bonds. The Hall–Kier alpha value is -0.840. The quantitative estimate of drug-likeness (QED) is 0.802. The van der Waals surface area contributed by atoms with Gasteiger partial charge in [-0.1, -0.05) is 6.92 Å². The zero-order chi connectivity index (χ0) is 12.8. The van der Waals surface area contributed by atoms with Crippen molar-refractivity contribution in [3.8, 4) is 0 Å². The Labute approximate surface area is 109 Å². The average molecular weight is 252 g/mol. The van der Waals surface area contributed by atoms with Crippen LogP contribution < -0.4 is 5.32 Å². The van der Waals surface area contributed by atoms with Crippen molar-refractivity contribution in [2.75, 3.05) is 39.9 Å². The molecule has 0 aliphatic carbocycles. The molecule has 4 heteroatoms. The molecule has 1 aromatic heterocycles. The summed E-state index contributed by atoms with van der Waals surface area (Å²) in [5.74, 6) is 0. The van der Waals surface area contributed by atoms with Gasteiger partial charge in [-0.05, 0) is 26.1 Å². The number of nitrogens with zero attached hydrogens (tertiary/aromatic N) is 1. The Morgan fingerprint density at radius 3 is 3.00 bits per heavy atom. The van der Waals surface area contributed by atoms with E-state index >= 15 is 0 Å². The first-order valence-corrected chi connectivity index (χ1v) is 6.72. The van der Waals surface area contributed by atoms with Gasteiger partial charge in [-0.3, -0.25) is 0 Å². The lowest BCUT2D eigenvalue weighted by Crippen LogP contribution is -2.43. The van der Waals surface area contributed by atoms with E-state index in [0.29, 0.717) is 0 Å². The van der Waals surface area contributed by atoms with Gasteiger partial charge < -0.3 is 19.4 Å². The highest BCUT2D eigenvalue weighted by molar-refractivity contribution is 5.05. The van der Waals surface area contributed by atoms with Gasteiger partial charge in [-0.15, -0.1) is 0 Å². The highest BCUT2D eigenvalue weighted by Crippen LogP contribution is 2.29. The van der Waals surface area contributed by atoms with Crippen LogP contribution in [-0.2, 0) is 11.3 Å². The normalized spacial score (nSPS) is 23.9. The van der Waals surface area contributed by atoms with Crippen molar-refractivity contribution in [2.24, 2.45) is 5.41 Å². The van der Waals surface area contributed by atoms with Gasteiger partial charge in [0.1, 0.15) is 0 Å². The summed E-state index contributed by atoms with van der Waals surface area (Å²) < 4.78 is 10.7. The summed E-state index contributed by atoms with van der Waals surface area (Å²) in [4.78, 5) is 2.36. The third-order valence-electron chi connectivity index (χ3n) is 3.57. The molecular weight excluding hydrogens is 228 g/mol. The Bertz CT molecular complexity index is 332. The molecule has 0 saturated carbocycles. The van der Waals surface area contributed by atoms with E-state index in [9.17, 15) is 0 Å². The van der Waals surface area contributed by atoms with Gasteiger partial charge in [0.15, 0.2) is 0 Å². The molecule has 0 bridgehead atoms. The SMILES string of the molecule is CCNCC1(CN(C)Cc2ccoc2)CCOC1. The lowest BCUT2D eigenvalue weighted by Gasteiger charge is -2.32. The Morgan fingerprint density at radius 2 is 2.39 bits per heavy atom. The van der Waals surface area contributed by atoms with Gasteiger partial charge >= 0.3 is 0 Å². The molecule has 1 aromatic rings. The fourth-order valence-corrected chi connectivity index (χ4v) is 2.68. The highest BCUT2D eigenvalue weighted by Gasteiger charge is 2.35. The van der Waals surface area contributed by atoms with E-state index in [1.165, 1.54) is 5.56 Å². The second-order valence-electron chi connectivity index (χ2n) is 5.39. The van der Waals surface area contributed by atoms with E-state index in [1.807, 2.05) is 12.3 Å². The number of hydrogen-bond donors (Lipinski definition) is 1. The number of hydrogen-bond acceptors (Lipinski definition) is 4. The monoisotopic (exact) mass is 252 g/mol. The van der Waals surface area contributed by atoms with E-state index in [2.05, 4.69) is 24.2 Å². The third kappa shape index (κ3) is 3.57. The molecule has 0 aromatic carbocycles. The predicted molar refractivity (Wildman–Crippen MR) is 71.5 cm³/mol. The summed E-state index contributed by atoms with van der Waals surface area (Å²) in [6.07, 6.45) is 4.70. The zero-order valence-electron chi connectivity index (χ0n) is 11.4. The van der Waals surface area contributed by atoms with Crippen LogP contribution in [-0.4, -0.2) is 44.8 Å². The second kappa shape index (κ2) is 6.36. The van der Waals surface area contributed by atoms with Crippen molar-refractivity contribution in [3.63, 3.8) is 0 Å². The van der Waals surface area contributed by atoms with Crippen LogP contribution in [0.1, 0.15) is 18.9 Å². The lowest BCUT2D eigenvalue weighted by molar-refractivity contribution is 0.117. The van der Waals surface area contributed by atoms with Gasteiger partial charge in [-0.25, -0.2) is 0 Å². The van der Waals surface area contributed by atoms with Crippen LogP contribution in [0.15, 0.2) is 23.0 Å². The topological polar surface area (TPSA) is 37.6 Å². The molecule has 1 atom stereocenters. The van der Waals surface area contributed by atoms with Gasteiger partial charge in [-0.2, -0.15) is 0 Å². The van der Waals surface area contributed by atoms with Crippen LogP contribution in [0, 0.1) is 5.41 Å². The minimum Gasteiger partial charge on any atom is -0.472 e. The maximum absolute atomic E-state index is 5.61. The number of ether oxygens (including phenoxy) is 1. The van der Waals surface area contributed by atoms with Gasteiger partial charge in [0.2, 0.25) is 0 Å². The Balaban J connectivity index is 1.87. The second-order valence-corrected chi connectivity index (χ2v) is 5.39. The molecule has 1 aliphatic heterocycles. The van der Waals surface area contributed by atoms with E-state index < -0.39 is 0 Å². The van der Waals surface area contributed by atoms with Crippen molar-refractivity contribution >= 4 is 0 Å². The van der Waals surface area contributed by atoms with Crippen LogP contribution in [0.3, 0.4) is 0 Å². The molecule has 0 spiro atoms. The van der Waals surface area contributed by atoms with Crippen molar-refractivity contribution in [1.29, 1.82) is 0 Å². The number of rotatable bonds is 7. The van der Waals surface area contributed by atoms with E-state index in [-0.39, 0.29) is 5.41 Å². The zero-order valence-corrected chi connectivity index (χ0v) is 11.4. The molecule has 2 rings (SSSR count). The summed E-state index contributed by atoms with van der Waals surface area (Å²) in [5.41, 5.74) is 1.50. The van der Waals surface area contributed by atoms with Crippen LogP contribution in [0.25, 0.3) is 0 Å². The van der Waals surface area contributed by atoms with Crippen LogP contribution in [0.5, 0.6) is 0 Å². The fraction of sp³-hybridized carbons (Fsp3) is 0.714.